The van der Waals surface area contributed by atoms with Crippen molar-refractivity contribution in [2.75, 3.05) is 0 Å². The van der Waals surface area contributed by atoms with Crippen LogP contribution in [0.4, 0.5) is 0 Å². The fourth-order valence-electron chi connectivity index (χ4n) is 3.82. The van der Waals surface area contributed by atoms with E-state index in [1.165, 1.54) is 36.0 Å². The SMILES string of the molecule is CC[C@H](NC(=O)[C@@H](CC)Oc1ccccc1C)c1ccc2c(c1)CCCC2. The van der Waals surface area contributed by atoms with E-state index >= 15 is 0 Å². The van der Waals surface area contributed by atoms with E-state index in [2.05, 4.69) is 30.4 Å². The number of amides is 1. The Morgan fingerprint density at radius 3 is 2.48 bits per heavy atom. The van der Waals surface area contributed by atoms with Crippen LogP contribution in [0.5, 0.6) is 5.75 Å². The lowest BCUT2D eigenvalue weighted by Crippen LogP contribution is -2.40. The van der Waals surface area contributed by atoms with Crippen molar-refractivity contribution in [2.45, 2.75) is 71.4 Å². The highest BCUT2D eigenvalue weighted by atomic mass is 16.5. The van der Waals surface area contributed by atoms with Crippen molar-refractivity contribution in [1.82, 2.24) is 5.32 Å². The lowest BCUT2D eigenvalue weighted by atomic mass is 9.88. The Bertz CT molecular complexity index is 784. The van der Waals surface area contributed by atoms with Crippen LogP contribution in [0, 0.1) is 6.92 Å². The molecule has 0 aliphatic heterocycles. The van der Waals surface area contributed by atoms with Crippen LogP contribution in [0.25, 0.3) is 0 Å². The Balaban J connectivity index is 1.71. The maximum Gasteiger partial charge on any atom is 0.261 e. The van der Waals surface area contributed by atoms with Crippen LogP contribution in [0.15, 0.2) is 42.5 Å². The fourth-order valence-corrected chi connectivity index (χ4v) is 3.82. The van der Waals surface area contributed by atoms with Gasteiger partial charge < -0.3 is 10.1 Å². The molecule has 144 valence electrons. The Kier molecular flexibility index (Phi) is 6.54. The first-order chi connectivity index (χ1) is 13.1. The number of hydrogen-bond acceptors (Lipinski definition) is 2. The van der Waals surface area contributed by atoms with Crippen LogP contribution in [0.3, 0.4) is 0 Å². The number of ether oxygens (including phenoxy) is 1. The van der Waals surface area contributed by atoms with Gasteiger partial charge in [-0.3, -0.25) is 4.79 Å². The number of fused-ring (bicyclic) bond motifs is 1. The largest absolute Gasteiger partial charge is 0.480 e. The van der Waals surface area contributed by atoms with Crippen molar-refractivity contribution in [3.8, 4) is 5.75 Å². The van der Waals surface area contributed by atoms with Crippen LogP contribution in [-0.2, 0) is 17.6 Å². The molecule has 0 saturated heterocycles. The van der Waals surface area contributed by atoms with Crippen molar-refractivity contribution >= 4 is 5.91 Å². The number of aryl methyl sites for hydroxylation is 3. The zero-order valence-corrected chi connectivity index (χ0v) is 16.8. The predicted octanol–water partition coefficient (Wildman–Crippen LogP) is 5.30. The quantitative estimate of drug-likeness (QED) is 0.723. The molecular formula is C24H31NO2. The topological polar surface area (TPSA) is 38.3 Å². The summed E-state index contributed by atoms with van der Waals surface area (Å²) in [4.78, 5) is 12.9. The average Bonchev–Trinajstić information content (AvgIpc) is 2.70. The molecular weight excluding hydrogens is 334 g/mol. The van der Waals surface area contributed by atoms with Crippen LogP contribution in [0.2, 0.25) is 0 Å². The molecule has 1 aliphatic rings. The minimum absolute atomic E-state index is 0.0271. The zero-order valence-electron chi connectivity index (χ0n) is 16.8. The first kappa shape index (κ1) is 19.5. The van der Waals surface area contributed by atoms with Crippen LogP contribution in [0.1, 0.15) is 67.8 Å². The summed E-state index contributed by atoms with van der Waals surface area (Å²) in [5.41, 5.74) is 5.18. The Hall–Kier alpha value is -2.29. The molecule has 0 aromatic heterocycles. The third-order valence-corrected chi connectivity index (χ3v) is 5.53. The first-order valence-electron chi connectivity index (χ1n) is 10.3. The van der Waals surface area contributed by atoms with E-state index in [1.54, 1.807) is 0 Å². The van der Waals surface area contributed by atoms with Gasteiger partial charge >= 0.3 is 0 Å². The second kappa shape index (κ2) is 9.07. The first-order valence-corrected chi connectivity index (χ1v) is 10.3. The third-order valence-electron chi connectivity index (χ3n) is 5.53. The molecule has 0 saturated carbocycles. The molecule has 3 rings (SSSR count). The molecule has 2 aromatic carbocycles. The van der Waals surface area contributed by atoms with Crippen molar-refractivity contribution in [2.24, 2.45) is 0 Å². The van der Waals surface area contributed by atoms with Crippen molar-refractivity contribution in [1.29, 1.82) is 0 Å². The molecule has 0 spiro atoms. The lowest BCUT2D eigenvalue weighted by Gasteiger charge is -2.24. The average molecular weight is 366 g/mol. The normalized spacial score (nSPS) is 15.5. The summed E-state index contributed by atoms with van der Waals surface area (Å²) in [6.45, 7) is 6.11. The van der Waals surface area contributed by atoms with E-state index in [1.807, 2.05) is 38.1 Å². The van der Waals surface area contributed by atoms with E-state index in [-0.39, 0.29) is 11.9 Å². The summed E-state index contributed by atoms with van der Waals surface area (Å²) in [7, 11) is 0. The summed E-state index contributed by atoms with van der Waals surface area (Å²) < 4.78 is 6.02. The molecule has 1 aliphatic carbocycles. The highest BCUT2D eigenvalue weighted by Crippen LogP contribution is 2.26. The molecule has 2 aromatic rings. The summed E-state index contributed by atoms with van der Waals surface area (Å²) in [6.07, 6.45) is 5.92. The summed E-state index contributed by atoms with van der Waals surface area (Å²) in [6, 6.07) is 14.6. The third kappa shape index (κ3) is 4.71. The van der Waals surface area contributed by atoms with Gasteiger partial charge in [0, 0.05) is 0 Å². The number of benzene rings is 2. The van der Waals surface area contributed by atoms with E-state index in [4.69, 9.17) is 4.74 Å². The van der Waals surface area contributed by atoms with Crippen molar-refractivity contribution in [3.63, 3.8) is 0 Å². The van der Waals surface area contributed by atoms with Gasteiger partial charge in [-0.2, -0.15) is 0 Å². The number of hydrogen-bond donors (Lipinski definition) is 1. The van der Waals surface area contributed by atoms with Crippen molar-refractivity contribution in [3.05, 3.63) is 64.7 Å². The lowest BCUT2D eigenvalue weighted by molar-refractivity contribution is -0.129. The maximum atomic E-state index is 12.9. The van der Waals surface area contributed by atoms with E-state index in [9.17, 15) is 4.79 Å². The van der Waals surface area contributed by atoms with Gasteiger partial charge in [0.2, 0.25) is 0 Å². The molecule has 2 atom stereocenters. The highest BCUT2D eigenvalue weighted by molar-refractivity contribution is 5.81. The standard InChI is InChI=1S/C24H31NO2/c1-4-21(20-15-14-18-11-7-8-12-19(18)16-20)25-24(26)22(5-2)27-23-13-9-6-10-17(23)3/h6,9-10,13-16,21-22H,4-5,7-8,11-12H2,1-3H3,(H,25,26)/t21-,22+/m0/s1. The molecule has 0 unspecified atom stereocenters. The van der Waals surface area contributed by atoms with Crippen molar-refractivity contribution < 1.29 is 9.53 Å². The van der Waals surface area contributed by atoms with E-state index in [0.717, 1.165) is 24.2 Å². The maximum absolute atomic E-state index is 12.9. The van der Waals surface area contributed by atoms with Gasteiger partial charge in [-0.15, -0.1) is 0 Å². The van der Waals surface area contributed by atoms with Gasteiger partial charge in [0.05, 0.1) is 6.04 Å². The molecule has 0 heterocycles. The summed E-state index contributed by atoms with van der Waals surface area (Å²) >= 11 is 0. The van der Waals surface area contributed by atoms with Crippen LogP contribution in [-0.4, -0.2) is 12.0 Å². The number of nitrogens with one attached hydrogen (secondary N) is 1. The molecule has 27 heavy (non-hydrogen) atoms. The highest BCUT2D eigenvalue weighted by Gasteiger charge is 2.23. The number of carbonyl (C=O) groups excluding carboxylic acids is 1. The fraction of sp³-hybridized carbons (Fsp3) is 0.458. The number of para-hydroxylation sites is 1. The Morgan fingerprint density at radius 2 is 1.78 bits per heavy atom. The van der Waals surface area contributed by atoms with Crippen LogP contribution >= 0.6 is 0 Å². The van der Waals surface area contributed by atoms with E-state index in [0.29, 0.717) is 6.42 Å². The van der Waals surface area contributed by atoms with Crippen LogP contribution < -0.4 is 10.1 Å². The summed E-state index contributed by atoms with van der Waals surface area (Å²) in [5, 5.41) is 3.22. The zero-order chi connectivity index (χ0) is 19.2. The molecule has 3 nitrogen and oxygen atoms in total. The van der Waals surface area contributed by atoms with Gasteiger partial charge in [0.25, 0.3) is 5.91 Å². The van der Waals surface area contributed by atoms with Gasteiger partial charge in [0.15, 0.2) is 6.10 Å². The minimum atomic E-state index is -0.474. The molecule has 0 fully saturated rings. The molecule has 1 amide bonds. The van der Waals surface area contributed by atoms with Gasteiger partial charge in [-0.05, 0) is 73.8 Å². The Morgan fingerprint density at radius 1 is 1.04 bits per heavy atom. The van der Waals surface area contributed by atoms with Gasteiger partial charge in [-0.25, -0.2) is 0 Å². The molecule has 0 radical (unpaired) electrons. The number of rotatable bonds is 7. The monoisotopic (exact) mass is 365 g/mol. The van der Waals surface area contributed by atoms with E-state index < -0.39 is 6.10 Å². The minimum Gasteiger partial charge on any atom is -0.480 e. The summed E-state index contributed by atoms with van der Waals surface area (Å²) in [5.74, 6) is 0.742. The predicted molar refractivity (Wildman–Crippen MR) is 110 cm³/mol. The van der Waals surface area contributed by atoms with Gasteiger partial charge in [-0.1, -0.05) is 50.2 Å². The molecule has 1 N–H and O–H groups in total. The Labute approximate surface area is 163 Å². The second-order valence-corrected chi connectivity index (χ2v) is 7.48. The smallest absolute Gasteiger partial charge is 0.261 e. The number of carbonyl (C=O) groups is 1. The second-order valence-electron chi connectivity index (χ2n) is 7.48. The molecule has 3 heteroatoms. The van der Waals surface area contributed by atoms with Gasteiger partial charge in [0.1, 0.15) is 5.75 Å². The molecule has 0 bridgehead atoms.